The number of nitrogens with zero attached hydrogens (tertiary/aromatic N) is 2. The molecule has 0 saturated carbocycles. The molecule has 0 aliphatic carbocycles. The first-order valence-electron chi connectivity index (χ1n) is 8.74. The molecule has 0 amide bonds. The Morgan fingerprint density at radius 3 is 2.36 bits per heavy atom. The van der Waals surface area contributed by atoms with E-state index in [0.717, 1.165) is 28.1 Å². The summed E-state index contributed by atoms with van der Waals surface area (Å²) in [4.78, 5) is 0.184. The third-order valence-electron chi connectivity index (χ3n) is 4.18. The van der Waals surface area contributed by atoms with Crippen LogP contribution < -0.4 is 4.74 Å². The number of aryl methyl sites for hydroxylation is 3. The van der Waals surface area contributed by atoms with Crippen LogP contribution in [0.4, 0.5) is 0 Å². The molecule has 2 rings (SSSR count). The maximum Gasteiger partial charge on any atom is 0.286 e. The van der Waals surface area contributed by atoms with E-state index in [1.54, 1.807) is 26.0 Å². The van der Waals surface area contributed by atoms with Gasteiger partial charge in [0.15, 0.2) is 0 Å². The van der Waals surface area contributed by atoms with Gasteiger partial charge in [-0.15, -0.1) is 0 Å². The maximum atomic E-state index is 13.2. The molecular weight excluding hydrogens is 336 g/mol. The lowest BCUT2D eigenvalue weighted by atomic mass is 9.98. The molecule has 0 radical (unpaired) electrons. The second-order valence-corrected chi connectivity index (χ2v) is 8.52. The number of benzene rings is 1. The van der Waals surface area contributed by atoms with Crippen molar-refractivity contribution < 1.29 is 13.2 Å². The predicted molar refractivity (Wildman–Crippen MR) is 100.0 cm³/mol. The molecule has 0 aliphatic heterocycles. The summed E-state index contributed by atoms with van der Waals surface area (Å²) in [6.45, 7) is 12.2. The normalized spacial score (nSPS) is 12.0. The van der Waals surface area contributed by atoms with E-state index < -0.39 is 10.0 Å². The van der Waals surface area contributed by atoms with E-state index in [4.69, 9.17) is 4.74 Å². The Morgan fingerprint density at radius 2 is 1.84 bits per heavy atom. The van der Waals surface area contributed by atoms with Crippen molar-refractivity contribution in [2.75, 3.05) is 6.61 Å². The van der Waals surface area contributed by atoms with Crippen molar-refractivity contribution >= 4 is 10.0 Å². The zero-order valence-corrected chi connectivity index (χ0v) is 16.8. The van der Waals surface area contributed by atoms with Gasteiger partial charge in [-0.3, -0.25) is 0 Å². The summed E-state index contributed by atoms with van der Waals surface area (Å²) in [6.07, 6.45) is 1.87. The smallest absolute Gasteiger partial charge is 0.286 e. The summed E-state index contributed by atoms with van der Waals surface area (Å²) in [5, 5.41) is 4.17. The van der Waals surface area contributed by atoms with Crippen LogP contribution in [-0.2, 0) is 10.0 Å². The molecule has 1 aromatic heterocycles. The van der Waals surface area contributed by atoms with Crippen molar-refractivity contribution in [2.24, 2.45) is 0 Å². The Bertz CT molecular complexity index is 852. The average molecular weight is 365 g/mol. The number of ether oxygens (including phenoxy) is 1. The van der Waals surface area contributed by atoms with Crippen LogP contribution in [0.3, 0.4) is 0 Å². The molecular formula is C19H28N2O3S. The molecule has 0 saturated heterocycles. The minimum Gasteiger partial charge on any atom is -0.492 e. The zero-order valence-electron chi connectivity index (χ0n) is 16.0. The van der Waals surface area contributed by atoms with Crippen molar-refractivity contribution in [3.8, 4) is 5.75 Å². The number of aromatic nitrogens is 2. The Hall–Kier alpha value is -1.82. The fourth-order valence-electron chi connectivity index (χ4n) is 2.89. The van der Waals surface area contributed by atoms with E-state index in [9.17, 15) is 8.42 Å². The molecule has 25 heavy (non-hydrogen) atoms. The molecule has 0 fully saturated rings. The largest absolute Gasteiger partial charge is 0.492 e. The average Bonchev–Trinajstić information content (AvgIpc) is 2.86. The van der Waals surface area contributed by atoms with Crippen LogP contribution in [0.2, 0.25) is 0 Å². The first-order valence-corrected chi connectivity index (χ1v) is 10.2. The van der Waals surface area contributed by atoms with Crippen LogP contribution in [0.25, 0.3) is 0 Å². The van der Waals surface area contributed by atoms with E-state index in [0.29, 0.717) is 23.7 Å². The van der Waals surface area contributed by atoms with Gasteiger partial charge in [0.25, 0.3) is 10.0 Å². The highest BCUT2D eigenvalue weighted by atomic mass is 32.2. The Morgan fingerprint density at radius 1 is 1.16 bits per heavy atom. The molecule has 0 N–H and O–H groups in total. The fourth-order valence-corrected chi connectivity index (χ4v) is 4.39. The minimum atomic E-state index is -3.81. The van der Waals surface area contributed by atoms with Gasteiger partial charge in [-0.1, -0.05) is 27.2 Å². The molecule has 0 aliphatic rings. The highest BCUT2D eigenvalue weighted by Gasteiger charge is 2.26. The molecule has 2 aromatic rings. The number of hydrogen-bond acceptors (Lipinski definition) is 4. The lowest BCUT2D eigenvalue weighted by molar-refractivity contribution is 0.301. The van der Waals surface area contributed by atoms with E-state index >= 15 is 0 Å². The van der Waals surface area contributed by atoms with E-state index in [2.05, 4.69) is 25.9 Å². The van der Waals surface area contributed by atoms with Crippen LogP contribution in [0, 0.1) is 20.8 Å². The van der Waals surface area contributed by atoms with Crippen molar-refractivity contribution in [2.45, 2.75) is 65.2 Å². The van der Waals surface area contributed by atoms with Crippen LogP contribution in [0.15, 0.2) is 23.1 Å². The van der Waals surface area contributed by atoms with Crippen molar-refractivity contribution in [1.29, 1.82) is 0 Å². The molecule has 0 unspecified atom stereocenters. The third-order valence-corrected chi connectivity index (χ3v) is 5.88. The quantitative estimate of drug-likeness (QED) is 0.685. The molecule has 0 spiro atoms. The van der Waals surface area contributed by atoms with Gasteiger partial charge < -0.3 is 4.74 Å². The first-order chi connectivity index (χ1) is 11.7. The summed E-state index contributed by atoms with van der Waals surface area (Å²) < 4.78 is 33.4. The molecule has 138 valence electrons. The third kappa shape index (κ3) is 4.06. The predicted octanol–water partition coefficient (Wildman–Crippen LogP) is 4.35. The van der Waals surface area contributed by atoms with E-state index in [1.807, 2.05) is 13.0 Å². The van der Waals surface area contributed by atoms with Crippen LogP contribution in [0.1, 0.15) is 62.0 Å². The highest BCUT2D eigenvalue weighted by Crippen LogP contribution is 2.33. The summed E-state index contributed by atoms with van der Waals surface area (Å²) in [7, 11) is -3.81. The number of rotatable bonds is 7. The van der Waals surface area contributed by atoms with Gasteiger partial charge in [0, 0.05) is 0 Å². The standard InChI is InChI=1S/C19H28N2O3S/c1-7-8-9-24-18-10-14(4)17(13(2)3)12-19(18)25(22,23)21-16(6)11-15(5)20-21/h10-13H,7-9H2,1-6H3. The summed E-state index contributed by atoms with van der Waals surface area (Å²) >= 11 is 0. The summed E-state index contributed by atoms with van der Waals surface area (Å²) in [6, 6.07) is 5.34. The highest BCUT2D eigenvalue weighted by molar-refractivity contribution is 7.90. The van der Waals surface area contributed by atoms with Gasteiger partial charge in [0.05, 0.1) is 18.0 Å². The van der Waals surface area contributed by atoms with Crippen molar-refractivity contribution in [3.63, 3.8) is 0 Å². The molecule has 5 nitrogen and oxygen atoms in total. The van der Waals surface area contributed by atoms with Gasteiger partial charge in [0.2, 0.25) is 0 Å². The van der Waals surface area contributed by atoms with Gasteiger partial charge in [-0.2, -0.15) is 17.6 Å². The number of unbranched alkanes of at least 4 members (excludes halogenated alkanes) is 1. The van der Waals surface area contributed by atoms with Crippen LogP contribution >= 0.6 is 0 Å². The second-order valence-electron chi connectivity index (χ2n) is 6.79. The molecule has 1 aromatic carbocycles. The van der Waals surface area contributed by atoms with Crippen molar-refractivity contribution in [3.05, 3.63) is 40.7 Å². The summed E-state index contributed by atoms with van der Waals surface area (Å²) in [5.74, 6) is 0.627. The first kappa shape index (κ1) is 19.5. The van der Waals surface area contributed by atoms with E-state index in [1.165, 1.54) is 0 Å². The molecule has 0 atom stereocenters. The van der Waals surface area contributed by atoms with E-state index in [-0.39, 0.29) is 10.8 Å². The lowest BCUT2D eigenvalue weighted by Crippen LogP contribution is -2.18. The van der Waals surface area contributed by atoms with Crippen LogP contribution in [0.5, 0.6) is 5.75 Å². The molecule has 1 heterocycles. The Kier molecular flexibility index (Phi) is 5.93. The lowest BCUT2D eigenvalue weighted by Gasteiger charge is -2.18. The van der Waals surface area contributed by atoms with Gasteiger partial charge in [0.1, 0.15) is 10.6 Å². The topological polar surface area (TPSA) is 61.2 Å². The monoisotopic (exact) mass is 364 g/mol. The van der Waals surface area contributed by atoms with Crippen LogP contribution in [-0.4, -0.2) is 24.2 Å². The molecule has 6 heteroatoms. The second kappa shape index (κ2) is 7.60. The maximum absolute atomic E-state index is 13.2. The van der Waals surface area contributed by atoms with Gasteiger partial charge in [-0.05, 0) is 62.4 Å². The minimum absolute atomic E-state index is 0.184. The van der Waals surface area contributed by atoms with Crippen molar-refractivity contribution in [1.82, 2.24) is 9.19 Å². The fraction of sp³-hybridized carbons (Fsp3) is 0.526. The number of hydrogen-bond donors (Lipinski definition) is 0. The van der Waals surface area contributed by atoms with Gasteiger partial charge in [-0.25, -0.2) is 0 Å². The molecule has 0 bridgehead atoms. The zero-order chi connectivity index (χ0) is 18.8. The Balaban J connectivity index is 2.63. The Labute approximate surface area is 151 Å². The summed E-state index contributed by atoms with van der Waals surface area (Å²) in [5.41, 5.74) is 3.30. The van der Waals surface area contributed by atoms with Gasteiger partial charge >= 0.3 is 0 Å². The SMILES string of the molecule is CCCCOc1cc(C)c(C(C)C)cc1S(=O)(=O)n1nc(C)cc1C.